The van der Waals surface area contributed by atoms with E-state index in [0.717, 1.165) is 6.20 Å². The first-order chi connectivity index (χ1) is 9.28. The average Bonchev–Trinajstić information content (AvgIpc) is 2.32. The monoisotopic (exact) mass is 405 g/mol. The molecule has 1 aromatic heterocycles. The Bertz CT molecular complexity index is 493. The first-order valence-electron chi connectivity index (χ1n) is 5.41. The van der Waals surface area contributed by atoms with Crippen LogP contribution in [0.25, 0.3) is 0 Å². The van der Waals surface area contributed by atoms with Crippen molar-refractivity contribution in [2.45, 2.75) is 19.7 Å². The van der Waals surface area contributed by atoms with Gasteiger partial charge in [0.1, 0.15) is 3.57 Å². The van der Waals surface area contributed by atoms with E-state index in [0.29, 0.717) is 0 Å². The molecule has 5 nitrogen and oxygen atoms in total. The zero-order chi connectivity index (χ0) is 15.3. The molecule has 0 fully saturated rings. The number of alkyl halides is 3. The first kappa shape index (κ1) is 16.8. The molecule has 0 bridgehead atoms. The highest BCUT2D eigenvalue weighted by Crippen LogP contribution is 2.35. The number of carbonyl (C=O) groups excluding carboxylic acids is 1. The molecule has 0 aliphatic carbocycles. The van der Waals surface area contributed by atoms with Gasteiger partial charge >= 0.3 is 12.3 Å². The van der Waals surface area contributed by atoms with E-state index in [1.165, 1.54) is 7.11 Å². The summed E-state index contributed by atoms with van der Waals surface area (Å²) in [5, 5.41) is 0. The molecule has 0 aromatic carbocycles. The minimum Gasteiger partial charge on any atom is -0.494 e. The molecule has 1 heterocycles. The quantitative estimate of drug-likeness (QED) is 0.557. The lowest BCUT2D eigenvalue weighted by atomic mass is 10.2. The Morgan fingerprint density at radius 2 is 2.10 bits per heavy atom. The smallest absolute Gasteiger partial charge is 0.494 e. The van der Waals surface area contributed by atoms with Gasteiger partial charge < -0.3 is 14.2 Å². The summed E-state index contributed by atoms with van der Waals surface area (Å²) in [4.78, 5) is 15.1. The average molecular weight is 405 g/mol. The number of halogens is 4. The second kappa shape index (κ2) is 6.95. The molecule has 0 radical (unpaired) electrons. The van der Waals surface area contributed by atoms with Gasteiger partial charge in [0.15, 0.2) is 11.5 Å². The van der Waals surface area contributed by atoms with Crippen LogP contribution in [-0.4, -0.2) is 31.0 Å². The van der Waals surface area contributed by atoms with Gasteiger partial charge in [-0.15, -0.1) is 13.2 Å². The molecular weight excluding hydrogens is 394 g/mol. The van der Waals surface area contributed by atoms with Gasteiger partial charge in [0.25, 0.3) is 0 Å². The third kappa shape index (κ3) is 4.69. The van der Waals surface area contributed by atoms with Crippen LogP contribution in [0.15, 0.2) is 6.20 Å². The number of pyridine rings is 1. The first-order valence-corrected chi connectivity index (χ1v) is 6.49. The fraction of sp³-hybridized carbons (Fsp3) is 0.455. The van der Waals surface area contributed by atoms with Crippen molar-refractivity contribution in [3.8, 4) is 11.5 Å². The molecule has 1 rings (SSSR count). The van der Waals surface area contributed by atoms with E-state index >= 15 is 0 Å². The Morgan fingerprint density at radius 3 is 2.60 bits per heavy atom. The van der Waals surface area contributed by atoms with Crippen LogP contribution in [0.3, 0.4) is 0 Å². The van der Waals surface area contributed by atoms with Crippen LogP contribution in [-0.2, 0) is 16.0 Å². The van der Waals surface area contributed by atoms with Crippen molar-refractivity contribution >= 4 is 28.6 Å². The Morgan fingerprint density at radius 1 is 1.45 bits per heavy atom. The van der Waals surface area contributed by atoms with Crippen molar-refractivity contribution in [3.05, 3.63) is 15.5 Å². The van der Waals surface area contributed by atoms with Gasteiger partial charge in [0.2, 0.25) is 0 Å². The maximum atomic E-state index is 12.2. The third-order valence-corrected chi connectivity index (χ3v) is 3.08. The lowest BCUT2D eigenvalue weighted by Gasteiger charge is -2.14. The number of rotatable bonds is 5. The van der Waals surface area contributed by atoms with E-state index in [4.69, 9.17) is 9.47 Å². The molecule has 0 spiro atoms. The summed E-state index contributed by atoms with van der Waals surface area (Å²) in [6, 6.07) is 0. The van der Waals surface area contributed by atoms with E-state index < -0.39 is 18.1 Å². The van der Waals surface area contributed by atoms with E-state index in [-0.39, 0.29) is 28.0 Å². The molecule has 0 atom stereocenters. The highest BCUT2D eigenvalue weighted by Gasteiger charge is 2.33. The van der Waals surface area contributed by atoms with E-state index in [1.807, 2.05) is 0 Å². The summed E-state index contributed by atoms with van der Waals surface area (Å²) in [7, 11) is 1.27. The highest BCUT2D eigenvalue weighted by atomic mass is 127. The van der Waals surface area contributed by atoms with Crippen LogP contribution < -0.4 is 9.47 Å². The maximum absolute atomic E-state index is 12.2. The standard InChI is InChI=1S/C11H11F3INO4/c1-3-19-8(17)4-6-10(18-2)9(15)7(5-16-6)20-11(12,13)14/h5H,3-4H2,1-2H3. The summed E-state index contributed by atoms with van der Waals surface area (Å²) in [6.07, 6.45) is -4.12. The van der Waals surface area contributed by atoms with Gasteiger partial charge in [0, 0.05) is 0 Å². The fourth-order valence-corrected chi connectivity index (χ4v) is 2.15. The van der Waals surface area contributed by atoms with Gasteiger partial charge in [-0.3, -0.25) is 9.78 Å². The molecule has 0 saturated carbocycles. The molecule has 1 aromatic rings. The molecule has 0 aliphatic rings. The third-order valence-electron chi connectivity index (χ3n) is 2.06. The minimum absolute atomic E-state index is 0.0559. The summed E-state index contributed by atoms with van der Waals surface area (Å²) < 4.78 is 50.2. The number of esters is 1. The molecule has 112 valence electrons. The van der Waals surface area contributed by atoms with E-state index in [1.54, 1.807) is 29.5 Å². The van der Waals surface area contributed by atoms with Crippen molar-refractivity contribution in [2.75, 3.05) is 13.7 Å². The lowest BCUT2D eigenvalue weighted by molar-refractivity contribution is -0.275. The summed E-state index contributed by atoms with van der Waals surface area (Å²) >= 11 is 1.63. The van der Waals surface area contributed by atoms with Gasteiger partial charge in [-0.25, -0.2) is 0 Å². The Balaban J connectivity index is 3.05. The number of nitrogens with zero attached hydrogens (tertiary/aromatic N) is 1. The Hall–Kier alpha value is -1.26. The van der Waals surface area contributed by atoms with Crippen molar-refractivity contribution < 1.29 is 32.2 Å². The predicted octanol–water partition coefficient (Wildman–Crippen LogP) is 2.70. The van der Waals surface area contributed by atoms with E-state index in [2.05, 4.69) is 9.72 Å². The predicted molar refractivity (Wildman–Crippen MR) is 70.5 cm³/mol. The van der Waals surface area contributed by atoms with Crippen LogP contribution >= 0.6 is 22.6 Å². The van der Waals surface area contributed by atoms with E-state index in [9.17, 15) is 18.0 Å². The number of carbonyl (C=O) groups is 1. The van der Waals surface area contributed by atoms with Crippen LogP contribution in [0.5, 0.6) is 11.5 Å². The van der Waals surface area contributed by atoms with Crippen molar-refractivity contribution in [2.24, 2.45) is 0 Å². The molecule has 0 amide bonds. The Kier molecular flexibility index (Phi) is 5.84. The summed E-state index contributed by atoms with van der Waals surface area (Å²) in [5.41, 5.74) is 0.185. The summed E-state index contributed by atoms with van der Waals surface area (Å²) in [5.74, 6) is -0.971. The van der Waals surface area contributed by atoms with Crippen molar-refractivity contribution in [3.63, 3.8) is 0 Å². The SMILES string of the molecule is CCOC(=O)Cc1ncc(OC(F)(F)F)c(I)c1OC. The zero-order valence-electron chi connectivity index (χ0n) is 10.6. The number of ether oxygens (including phenoxy) is 3. The maximum Gasteiger partial charge on any atom is 0.573 e. The molecule has 0 N–H and O–H groups in total. The van der Waals surface area contributed by atoms with Crippen LogP contribution in [0.1, 0.15) is 12.6 Å². The number of hydrogen-bond acceptors (Lipinski definition) is 5. The zero-order valence-corrected chi connectivity index (χ0v) is 12.7. The van der Waals surface area contributed by atoms with Gasteiger partial charge in [-0.05, 0) is 29.5 Å². The molecule has 0 unspecified atom stereocenters. The number of hydrogen-bond donors (Lipinski definition) is 0. The highest BCUT2D eigenvalue weighted by molar-refractivity contribution is 14.1. The van der Waals surface area contributed by atoms with Crippen molar-refractivity contribution in [1.29, 1.82) is 0 Å². The second-order valence-corrected chi connectivity index (χ2v) is 4.52. The Labute approximate surface area is 126 Å². The minimum atomic E-state index is -4.82. The van der Waals surface area contributed by atoms with Crippen LogP contribution in [0.4, 0.5) is 13.2 Å². The molecule has 0 aliphatic heterocycles. The summed E-state index contributed by atoms with van der Waals surface area (Å²) in [6.45, 7) is 1.85. The molecule has 9 heteroatoms. The lowest BCUT2D eigenvalue weighted by Crippen LogP contribution is -2.19. The van der Waals surface area contributed by atoms with Gasteiger partial charge in [0.05, 0.1) is 32.0 Å². The normalized spacial score (nSPS) is 11.1. The largest absolute Gasteiger partial charge is 0.573 e. The number of methoxy groups -OCH3 is 1. The van der Waals surface area contributed by atoms with Gasteiger partial charge in [-0.2, -0.15) is 0 Å². The fourth-order valence-electron chi connectivity index (χ4n) is 1.37. The van der Waals surface area contributed by atoms with Crippen LogP contribution in [0, 0.1) is 3.57 Å². The topological polar surface area (TPSA) is 57.7 Å². The second-order valence-electron chi connectivity index (χ2n) is 3.45. The van der Waals surface area contributed by atoms with Crippen molar-refractivity contribution in [1.82, 2.24) is 4.98 Å². The molecular formula is C11H11F3INO4. The van der Waals surface area contributed by atoms with Gasteiger partial charge in [-0.1, -0.05) is 0 Å². The molecule has 20 heavy (non-hydrogen) atoms. The number of aromatic nitrogens is 1. The van der Waals surface area contributed by atoms with Crippen LogP contribution in [0.2, 0.25) is 0 Å². The molecule has 0 saturated heterocycles.